The second-order valence-corrected chi connectivity index (χ2v) is 9.99. The van der Waals surface area contributed by atoms with E-state index in [1.54, 1.807) is 7.05 Å². The standard InChI is InChI=1S/C21H31N5O3S/c1-16-21(17(2)26(23-16)19-8-6-5-7-9-19)22-20(27)12-15-25-13-10-18(11-14-25)24(3)30(4,28)29/h5-9,18H,10-15H2,1-4H3,(H,22,27). The van der Waals surface area contributed by atoms with Crippen LogP contribution in [0.3, 0.4) is 0 Å². The summed E-state index contributed by atoms with van der Waals surface area (Å²) in [7, 11) is -1.52. The first-order chi connectivity index (χ1) is 14.2. The van der Waals surface area contributed by atoms with Crippen LogP contribution in [0, 0.1) is 13.8 Å². The van der Waals surface area contributed by atoms with E-state index in [9.17, 15) is 13.2 Å². The van der Waals surface area contributed by atoms with Gasteiger partial charge >= 0.3 is 0 Å². The highest BCUT2D eigenvalue weighted by atomic mass is 32.2. The molecule has 1 fully saturated rings. The lowest BCUT2D eigenvalue weighted by Crippen LogP contribution is -2.45. The summed E-state index contributed by atoms with van der Waals surface area (Å²) in [6, 6.07) is 9.88. The van der Waals surface area contributed by atoms with Crippen LogP contribution in [-0.4, -0.2) is 72.3 Å². The third-order valence-electron chi connectivity index (χ3n) is 5.81. The zero-order valence-electron chi connectivity index (χ0n) is 18.1. The van der Waals surface area contributed by atoms with E-state index in [0.717, 1.165) is 48.7 Å². The number of aryl methyl sites for hydroxylation is 1. The molecule has 1 saturated heterocycles. The summed E-state index contributed by atoms with van der Waals surface area (Å²) in [6.07, 6.45) is 3.20. The fourth-order valence-electron chi connectivity index (χ4n) is 3.88. The molecule has 0 radical (unpaired) electrons. The number of piperidine rings is 1. The van der Waals surface area contributed by atoms with Crippen molar-refractivity contribution in [2.45, 2.75) is 39.2 Å². The minimum absolute atomic E-state index is 0.0378. The summed E-state index contributed by atoms with van der Waals surface area (Å²) in [4.78, 5) is 14.8. The number of benzene rings is 1. The van der Waals surface area contributed by atoms with Crippen molar-refractivity contribution in [2.75, 3.05) is 38.3 Å². The number of aromatic nitrogens is 2. The number of nitrogens with one attached hydrogen (secondary N) is 1. The third-order valence-corrected chi connectivity index (χ3v) is 7.15. The van der Waals surface area contributed by atoms with Crippen LogP contribution in [0.25, 0.3) is 5.69 Å². The number of hydrogen-bond acceptors (Lipinski definition) is 5. The molecule has 30 heavy (non-hydrogen) atoms. The Labute approximate surface area is 178 Å². The van der Waals surface area contributed by atoms with Gasteiger partial charge in [-0.25, -0.2) is 17.4 Å². The van der Waals surface area contributed by atoms with E-state index in [0.29, 0.717) is 13.0 Å². The molecular weight excluding hydrogens is 402 g/mol. The number of sulfonamides is 1. The van der Waals surface area contributed by atoms with Crippen molar-refractivity contribution >= 4 is 21.6 Å². The molecule has 0 aliphatic carbocycles. The molecule has 1 N–H and O–H groups in total. The molecule has 1 amide bonds. The molecule has 0 atom stereocenters. The molecule has 3 rings (SSSR count). The molecule has 0 saturated carbocycles. The number of carbonyl (C=O) groups excluding carboxylic acids is 1. The van der Waals surface area contributed by atoms with Crippen molar-refractivity contribution in [3.8, 4) is 5.69 Å². The molecule has 0 spiro atoms. The number of amides is 1. The number of anilines is 1. The maximum atomic E-state index is 12.5. The van der Waals surface area contributed by atoms with Gasteiger partial charge in [0.05, 0.1) is 29.0 Å². The predicted octanol–water partition coefficient (Wildman–Crippen LogP) is 2.17. The summed E-state index contributed by atoms with van der Waals surface area (Å²) in [5, 5.41) is 7.58. The molecule has 0 bridgehead atoms. The zero-order chi connectivity index (χ0) is 21.9. The smallest absolute Gasteiger partial charge is 0.225 e. The molecule has 8 nitrogen and oxygen atoms in total. The predicted molar refractivity (Wildman–Crippen MR) is 118 cm³/mol. The van der Waals surface area contributed by atoms with Crippen LogP contribution in [0.1, 0.15) is 30.7 Å². The van der Waals surface area contributed by atoms with Crippen LogP contribution in [0.5, 0.6) is 0 Å². The number of hydrogen-bond donors (Lipinski definition) is 1. The monoisotopic (exact) mass is 433 g/mol. The Hall–Kier alpha value is -2.23. The number of carbonyl (C=O) groups is 1. The summed E-state index contributed by atoms with van der Waals surface area (Å²) < 4.78 is 26.7. The molecule has 2 heterocycles. The van der Waals surface area contributed by atoms with Crippen molar-refractivity contribution < 1.29 is 13.2 Å². The van der Waals surface area contributed by atoms with Crippen LogP contribution >= 0.6 is 0 Å². The minimum atomic E-state index is -3.16. The first kappa shape index (κ1) is 22.5. The summed E-state index contributed by atoms with van der Waals surface area (Å²) >= 11 is 0. The van der Waals surface area contributed by atoms with Gasteiger partial charge in [0, 0.05) is 26.1 Å². The molecule has 164 valence electrons. The normalized spacial score (nSPS) is 16.2. The van der Waals surface area contributed by atoms with Crippen molar-refractivity contribution in [2.24, 2.45) is 0 Å². The Balaban J connectivity index is 1.52. The van der Waals surface area contributed by atoms with Crippen LogP contribution in [-0.2, 0) is 14.8 Å². The summed E-state index contributed by atoms with van der Waals surface area (Å²) in [5.74, 6) is -0.0378. The van der Waals surface area contributed by atoms with Crippen LogP contribution < -0.4 is 5.32 Å². The van der Waals surface area contributed by atoms with Gasteiger partial charge in [0.25, 0.3) is 0 Å². The van der Waals surface area contributed by atoms with Gasteiger partial charge in [-0.05, 0) is 51.9 Å². The van der Waals surface area contributed by atoms with E-state index in [1.807, 2.05) is 48.9 Å². The second-order valence-electron chi connectivity index (χ2n) is 7.94. The SMILES string of the molecule is Cc1nn(-c2ccccc2)c(C)c1NC(=O)CCN1CCC(N(C)S(C)(=O)=O)CC1. The largest absolute Gasteiger partial charge is 0.323 e. The quantitative estimate of drug-likeness (QED) is 0.723. The highest BCUT2D eigenvalue weighted by Crippen LogP contribution is 2.23. The fraction of sp³-hybridized carbons (Fsp3) is 0.524. The fourth-order valence-corrected chi connectivity index (χ4v) is 4.64. The number of rotatable bonds is 7. The second kappa shape index (κ2) is 9.28. The Morgan fingerprint density at radius 3 is 2.43 bits per heavy atom. The average molecular weight is 434 g/mol. The van der Waals surface area contributed by atoms with Crippen LogP contribution in [0.4, 0.5) is 5.69 Å². The number of nitrogens with zero attached hydrogens (tertiary/aromatic N) is 4. The third kappa shape index (κ3) is 5.27. The van der Waals surface area contributed by atoms with Gasteiger partial charge in [-0.3, -0.25) is 4.79 Å². The van der Waals surface area contributed by atoms with Gasteiger partial charge in [0.2, 0.25) is 15.9 Å². The van der Waals surface area contributed by atoms with Crippen LogP contribution in [0.15, 0.2) is 30.3 Å². The first-order valence-electron chi connectivity index (χ1n) is 10.2. The lowest BCUT2D eigenvalue weighted by atomic mass is 10.1. The molecular formula is C21H31N5O3S. The van der Waals surface area contributed by atoms with Crippen molar-refractivity contribution in [1.82, 2.24) is 19.0 Å². The molecule has 1 aromatic heterocycles. The van der Waals surface area contributed by atoms with Crippen molar-refractivity contribution in [3.05, 3.63) is 41.7 Å². The van der Waals surface area contributed by atoms with Crippen molar-refractivity contribution in [1.29, 1.82) is 0 Å². The van der Waals surface area contributed by atoms with Gasteiger partial charge in [-0.1, -0.05) is 18.2 Å². The van der Waals surface area contributed by atoms with E-state index < -0.39 is 10.0 Å². The van der Waals surface area contributed by atoms with E-state index in [1.165, 1.54) is 10.6 Å². The maximum absolute atomic E-state index is 12.5. The van der Waals surface area contributed by atoms with Gasteiger partial charge in [-0.2, -0.15) is 5.10 Å². The minimum Gasteiger partial charge on any atom is -0.323 e. The first-order valence-corrected chi connectivity index (χ1v) is 12.1. The highest BCUT2D eigenvalue weighted by Gasteiger charge is 2.27. The van der Waals surface area contributed by atoms with E-state index in [4.69, 9.17) is 0 Å². The van der Waals surface area contributed by atoms with E-state index in [-0.39, 0.29) is 11.9 Å². The Morgan fingerprint density at radius 1 is 1.20 bits per heavy atom. The Morgan fingerprint density at radius 2 is 1.83 bits per heavy atom. The lowest BCUT2D eigenvalue weighted by molar-refractivity contribution is -0.116. The molecule has 9 heteroatoms. The topological polar surface area (TPSA) is 87.5 Å². The molecule has 1 aromatic carbocycles. The van der Waals surface area contributed by atoms with Gasteiger partial charge in [0.15, 0.2) is 0 Å². The highest BCUT2D eigenvalue weighted by molar-refractivity contribution is 7.88. The Kier molecular flexibility index (Phi) is 6.95. The number of likely N-dealkylation sites (tertiary alicyclic amines) is 1. The van der Waals surface area contributed by atoms with E-state index >= 15 is 0 Å². The van der Waals surface area contributed by atoms with Gasteiger partial charge in [0.1, 0.15) is 0 Å². The lowest BCUT2D eigenvalue weighted by Gasteiger charge is -2.35. The number of para-hydroxylation sites is 1. The van der Waals surface area contributed by atoms with Gasteiger partial charge in [-0.15, -0.1) is 0 Å². The summed E-state index contributed by atoms with van der Waals surface area (Å²) in [5.41, 5.74) is 3.41. The Bertz CT molecular complexity index is 980. The molecule has 1 aliphatic heterocycles. The van der Waals surface area contributed by atoms with Gasteiger partial charge < -0.3 is 10.2 Å². The molecule has 2 aromatic rings. The average Bonchev–Trinajstić information content (AvgIpc) is 3.00. The zero-order valence-corrected chi connectivity index (χ0v) is 18.9. The summed E-state index contributed by atoms with van der Waals surface area (Å²) in [6.45, 7) is 6.09. The molecule has 1 aliphatic rings. The van der Waals surface area contributed by atoms with Crippen LogP contribution in [0.2, 0.25) is 0 Å². The van der Waals surface area contributed by atoms with Crippen molar-refractivity contribution in [3.63, 3.8) is 0 Å². The van der Waals surface area contributed by atoms with E-state index in [2.05, 4.69) is 15.3 Å². The maximum Gasteiger partial charge on any atom is 0.225 e. The molecule has 0 unspecified atom stereocenters.